The largest absolute Gasteiger partial charge is 0.320 e. The lowest BCUT2D eigenvalue weighted by atomic mass is 9.92. The summed E-state index contributed by atoms with van der Waals surface area (Å²) in [6, 6.07) is 4.07. The maximum atomic E-state index is 4.83. The van der Waals surface area contributed by atoms with Gasteiger partial charge in [0.25, 0.3) is 0 Å². The van der Waals surface area contributed by atoms with Crippen LogP contribution >= 0.6 is 0 Å². The number of rotatable bonds is 3. The molecule has 26 heavy (non-hydrogen) atoms. The highest BCUT2D eigenvalue weighted by Crippen LogP contribution is 2.28. The van der Waals surface area contributed by atoms with E-state index in [2.05, 4.69) is 52.1 Å². The number of hydrogen-bond acceptors (Lipinski definition) is 6. The predicted octanol–water partition coefficient (Wildman–Crippen LogP) is 1.93. The van der Waals surface area contributed by atoms with Crippen LogP contribution in [0, 0.1) is 0 Å². The Balaban J connectivity index is 1.50. The van der Waals surface area contributed by atoms with Crippen molar-refractivity contribution in [3.63, 3.8) is 0 Å². The summed E-state index contributed by atoms with van der Waals surface area (Å²) in [5, 5.41) is 21.8. The molecule has 0 unspecified atom stereocenters. The predicted molar refractivity (Wildman–Crippen MR) is 97.7 cm³/mol. The van der Waals surface area contributed by atoms with Gasteiger partial charge in [0.2, 0.25) is 0 Å². The molecule has 1 aliphatic rings. The van der Waals surface area contributed by atoms with Crippen LogP contribution in [-0.4, -0.2) is 52.6 Å². The van der Waals surface area contributed by atoms with E-state index >= 15 is 0 Å². The van der Waals surface area contributed by atoms with Gasteiger partial charge in [0, 0.05) is 18.4 Å². The van der Waals surface area contributed by atoms with Crippen molar-refractivity contribution in [3.05, 3.63) is 35.8 Å². The summed E-state index contributed by atoms with van der Waals surface area (Å²) in [6.45, 7) is 9.41. The molecule has 0 radical (unpaired) electrons. The molecule has 1 fully saturated rings. The Hall–Kier alpha value is -2.35. The molecular weight excluding hydrogens is 328 g/mol. The van der Waals surface area contributed by atoms with Gasteiger partial charge < -0.3 is 4.57 Å². The van der Waals surface area contributed by atoms with E-state index in [1.807, 2.05) is 22.2 Å². The Morgan fingerprint density at radius 3 is 2.50 bits per heavy atom. The molecule has 4 rings (SSSR count). The van der Waals surface area contributed by atoms with E-state index in [0.717, 1.165) is 55.5 Å². The van der Waals surface area contributed by atoms with Gasteiger partial charge in [0.1, 0.15) is 12.2 Å². The molecule has 0 amide bonds. The van der Waals surface area contributed by atoms with E-state index in [9.17, 15) is 0 Å². The minimum absolute atomic E-state index is 0.00912. The van der Waals surface area contributed by atoms with Crippen molar-refractivity contribution in [2.45, 2.75) is 51.5 Å². The van der Waals surface area contributed by atoms with Crippen LogP contribution in [0.1, 0.15) is 56.9 Å². The SMILES string of the molecule is Cn1cnnc1CN1CCC(c2nnc3ccc(C(C)(C)C)nn23)CC1. The van der Waals surface area contributed by atoms with Gasteiger partial charge in [0.05, 0.1) is 12.2 Å². The lowest BCUT2D eigenvalue weighted by Gasteiger charge is -2.30. The van der Waals surface area contributed by atoms with Gasteiger partial charge in [0.15, 0.2) is 11.5 Å². The first-order chi connectivity index (χ1) is 12.4. The fraction of sp³-hybridized carbons (Fsp3) is 0.611. The van der Waals surface area contributed by atoms with Gasteiger partial charge in [-0.05, 0) is 38.1 Å². The van der Waals surface area contributed by atoms with E-state index in [1.54, 1.807) is 6.33 Å². The van der Waals surface area contributed by atoms with Gasteiger partial charge in [-0.15, -0.1) is 20.4 Å². The maximum Gasteiger partial charge on any atom is 0.177 e. The average molecular weight is 354 g/mol. The Kier molecular flexibility index (Phi) is 4.22. The summed E-state index contributed by atoms with van der Waals surface area (Å²) >= 11 is 0. The second-order valence-electron chi connectivity index (χ2n) is 8.21. The smallest absolute Gasteiger partial charge is 0.177 e. The minimum atomic E-state index is 0.00912. The van der Waals surface area contributed by atoms with Crippen LogP contribution in [-0.2, 0) is 19.0 Å². The van der Waals surface area contributed by atoms with Crippen molar-refractivity contribution in [1.29, 1.82) is 0 Å². The average Bonchev–Trinajstić information content (AvgIpc) is 3.21. The van der Waals surface area contributed by atoms with Crippen LogP contribution in [0.3, 0.4) is 0 Å². The lowest BCUT2D eigenvalue weighted by Crippen LogP contribution is -2.34. The van der Waals surface area contributed by atoms with E-state index in [-0.39, 0.29) is 5.41 Å². The first-order valence-electron chi connectivity index (χ1n) is 9.20. The molecule has 1 aliphatic heterocycles. The third kappa shape index (κ3) is 3.21. The molecule has 0 aliphatic carbocycles. The highest BCUT2D eigenvalue weighted by Gasteiger charge is 2.26. The molecule has 0 aromatic carbocycles. The molecule has 0 bridgehead atoms. The van der Waals surface area contributed by atoms with Crippen LogP contribution in [0.15, 0.2) is 18.5 Å². The quantitative estimate of drug-likeness (QED) is 0.715. The van der Waals surface area contributed by atoms with Crippen molar-refractivity contribution in [3.8, 4) is 0 Å². The molecule has 3 aromatic rings. The molecule has 3 aromatic heterocycles. The topological polar surface area (TPSA) is 77.0 Å². The van der Waals surface area contributed by atoms with E-state index in [4.69, 9.17) is 5.10 Å². The zero-order valence-corrected chi connectivity index (χ0v) is 15.9. The zero-order chi connectivity index (χ0) is 18.3. The number of hydrogen-bond donors (Lipinski definition) is 0. The third-order valence-electron chi connectivity index (χ3n) is 5.18. The first kappa shape index (κ1) is 17.1. The molecule has 8 nitrogen and oxygen atoms in total. The highest BCUT2D eigenvalue weighted by molar-refractivity contribution is 5.37. The lowest BCUT2D eigenvalue weighted by molar-refractivity contribution is 0.194. The molecule has 0 spiro atoms. The van der Waals surface area contributed by atoms with Crippen LogP contribution in [0.2, 0.25) is 0 Å². The Morgan fingerprint density at radius 1 is 1.08 bits per heavy atom. The van der Waals surface area contributed by atoms with E-state index in [1.165, 1.54) is 0 Å². The van der Waals surface area contributed by atoms with Gasteiger partial charge >= 0.3 is 0 Å². The van der Waals surface area contributed by atoms with Crippen molar-refractivity contribution < 1.29 is 0 Å². The molecule has 8 heteroatoms. The summed E-state index contributed by atoms with van der Waals surface area (Å²) in [5.41, 5.74) is 1.90. The van der Waals surface area contributed by atoms with Crippen LogP contribution < -0.4 is 0 Å². The maximum absolute atomic E-state index is 4.83. The molecule has 0 atom stereocenters. The Morgan fingerprint density at radius 2 is 1.85 bits per heavy atom. The second-order valence-corrected chi connectivity index (χ2v) is 8.21. The second kappa shape index (κ2) is 6.42. The number of aromatic nitrogens is 7. The molecular formula is C18H26N8. The van der Waals surface area contributed by atoms with Gasteiger partial charge in [-0.3, -0.25) is 4.90 Å². The minimum Gasteiger partial charge on any atom is -0.320 e. The van der Waals surface area contributed by atoms with Gasteiger partial charge in [-0.1, -0.05) is 20.8 Å². The summed E-state index contributed by atoms with van der Waals surface area (Å²) in [7, 11) is 1.99. The Bertz CT molecular complexity index is 895. The summed E-state index contributed by atoms with van der Waals surface area (Å²) in [5.74, 6) is 2.39. The fourth-order valence-electron chi connectivity index (χ4n) is 3.46. The summed E-state index contributed by atoms with van der Waals surface area (Å²) in [6.07, 6.45) is 3.86. The van der Waals surface area contributed by atoms with Crippen molar-refractivity contribution >= 4 is 5.65 Å². The van der Waals surface area contributed by atoms with Gasteiger partial charge in [-0.2, -0.15) is 9.61 Å². The molecule has 4 heterocycles. The van der Waals surface area contributed by atoms with E-state index < -0.39 is 0 Å². The van der Waals surface area contributed by atoms with Crippen molar-refractivity contribution in [1.82, 2.24) is 39.5 Å². The van der Waals surface area contributed by atoms with Crippen molar-refractivity contribution in [2.75, 3.05) is 13.1 Å². The third-order valence-corrected chi connectivity index (χ3v) is 5.18. The highest BCUT2D eigenvalue weighted by atomic mass is 15.4. The number of nitrogens with zero attached hydrogens (tertiary/aromatic N) is 8. The number of piperidine rings is 1. The van der Waals surface area contributed by atoms with Crippen molar-refractivity contribution in [2.24, 2.45) is 7.05 Å². The number of fused-ring (bicyclic) bond motifs is 1. The first-order valence-corrected chi connectivity index (χ1v) is 9.20. The fourth-order valence-corrected chi connectivity index (χ4v) is 3.46. The summed E-state index contributed by atoms with van der Waals surface area (Å²) in [4.78, 5) is 2.43. The Labute approximate surface area is 153 Å². The van der Waals surface area contributed by atoms with E-state index in [0.29, 0.717) is 5.92 Å². The monoisotopic (exact) mass is 354 g/mol. The van der Waals surface area contributed by atoms with Crippen LogP contribution in [0.5, 0.6) is 0 Å². The molecule has 1 saturated heterocycles. The molecule has 138 valence electrons. The van der Waals surface area contributed by atoms with Gasteiger partial charge in [-0.25, -0.2) is 0 Å². The molecule has 0 saturated carbocycles. The van der Waals surface area contributed by atoms with Crippen LogP contribution in [0.4, 0.5) is 0 Å². The normalized spacial score (nSPS) is 17.2. The molecule has 0 N–H and O–H groups in total. The number of aryl methyl sites for hydroxylation is 1. The standard InChI is InChI=1S/C18H26N8/c1-18(2,3)14-5-6-15-21-22-17(26(15)23-14)13-7-9-25(10-8-13)11-16-20-19-12-24(16)4/h5-6,12-13H,7-11H2,1-4H3. The number of likely N-dealkylation sites (tertiary alicyclic amines) is 1. The summed E-state index contributed by atoms with van der Waals surface area (Å²) < 4.78 is 3.93. The van der Waals surface area contributed by atoms with Crippen LogP contribution in [0.25, 0.3) is 5.65 Å². The zero-order valence-electron chi connectivity index (χ0n) is 15.9.